The Balaban J connectivity index is 1.38. The van der Waals surface area contributed by atoms with Gasteiger partial charge in [0.1, 0.15) is 23.9 Å². The summed E-state index contributed by atoms with van der Waals surface area (Å²) in [6, 6.07) is 4.73. The van der Waals surface area contributed by atoms with Gasteiger partial charge in [0.25, 0.3) is 0 Å². The summed E-state index contributed by atoms with van der Waals surface area (Å²) in [5, 5.41) is 13.7. The van der Waals surface area contributed by atoms with Gasteiger partial charge in [-0.15, -0.1) is 0 Å². The fourth-order valence-electron chi connectivity index (χ4n) is 5.16. The van der Waals surface area contributed by atoms with Crippen molar-refractivity contribution in [3.8, 4) is 22.7 Å². The van der Waals surface area contributed by atoms with E-state index in [1.165, 1.54) is 0 Å². The molecule has 168 valence electrons. The lowest BCUT2D eigenvalue weighted by Crippen LogP contribution is -2.66. The van der Waals surface area contributed by atoms with E-state index in [0.29, 0.717) is 23.5 Å². The number of imidazole rings is 1. The normalized spacial score (nSPS) is 31.6. The number of rotatable bonds is 4. The number of piperidine rings is 1. The van der Waals surface area contributed by atoms with Crippen molar-refractivity contribution in [1.82, 2.24) is 24.8 Å². The maximum Gasteiger partial charge on any atom is 0.147 e. The van der Waals surface area contributed by atoms with Crippen LogP contribution in [0.2, 0.25) is 0 Å². The van der Waals surface area contributed by atoms with E-state index in [0.717, 1.165) is 5.69 Å². The SMILES string of the molecule is CN(c1cnc(-c2ccc(-n3ccnc3)cc2O)cn1)[C@@H]1C[C@]2(C)N[C@@](C)(C[C@H]2F)[C@H]1F. The molecule has 5 rings (SSSR count). The van der Waals surface area contributed by atoms with Crippen LogP contribution in [-0.2, 0) is 0 Å². The number of benzene rings is 1. The number of hydrogen-bond acceptors (Lipinski definition) is 6. The number of halogens is 2. The van der Waals surface area contributed by atoms with Gasteiger partial charge in [-0.1, -0.05) is 0 Å². The summed E-state index contributed by atoms with van der Waals surface area (Å²) < 4.78 is 31.8. The molecule has 2 aliphatic heterocycles. The highest BCUT2D eigenvalue weighted by atomic mass is 19.1. The highest BCUT2D eigenvalue weighted by Gasteiger charge is 2.61. The van der Waals surface area contributed by atoms with Crippen LogP contribution < -0.4 is 10.2 Å². The smallest absolute Gasteiger partial charge is 0.147 e. The van der Waals surface area contributed by atoms with Crippen LogP contribution in [0.3, 0.4) is 0 Å². The van der Waals surface area contributed by atoms with E-state index in [-0.39, 0.29) is 12.2 Å². The minimum absolute atomic E-state index is 0.0696. The number of alkyl halides is 2. The number of nitrogens with one attached hydrogen (secondary N) is 1. The first kappa shape index (κ1) is 20.8. The maximum atomic E-state index is 15.4. The predicted octanol–water partition coefficient (Wildman–Crippen LogP) is 3.43. The van der Waals surface area contributed by atoms with E-state index in [1.807, 2.05) is 13.0 Å². The van der Waals surface area contributed by atoms with E-state index in [2.05, 4.69) is 20.3 Å². The number of aromatic nitrogens is 4. The van der Waals surface area contributed by atoms with Gasteiger partial charge in [0.2, 0.25) is 0 Å². The summed E-state index contributed by atoms with van der Waals surface area (Å²) in [5.74, 6) is 0.569. The highest BCUT2D eigenvalue weighted by Crippen LogP contribution is 2.46. The summed E-state index contributed by atoms with van der Waals surface area (Å²) in [5.41, 5.74) is 0.158. The van der Waals surface area contributed by atoms with E-state index in [9.17, 15) is 9.50 Å². The molecule has 7 nitrogen and oxygen atoms in total. The van der Waals surface area contributed by atoms with Crippen molar-refractivity contribution in [3.63, 3.8) is 0 Å². The van der Waals surface area contributed by atoms with Gasteiger partial charge >= 0.3 is 0 Å². The molecular weight excluding hydrogens is 414 g/mol. The zero-order valence-electron chi connectivity index (χ0n) is 18.2. The molecule has 2 fully saturated rings. The van der Waals surface area contributed by atoms with Crippen molar-refractivity contribution in [3.05, 3.63) is 49.3 Å². The van der Waals surface area contributed by atoms with Gasteiger partial charge in [-0.3, -0.25) is 4.98 Å². The molecule has 0 unspecified atom stereocenters. The minimum atomic E-state index is -1.25. The number of anilines is 1. The second-order valence-electron chi connectivity index (χ2n) is 9.35. The third kappa shape index (κ3) is 3.23. The molecule has 4 heterocycles. The molecule has 0 amide bonds. The average molecular weight is 440 g/mol. The van der Waals surface area contributed by atoms with Crippen molar-refractivity contribution in [2.75, 3.05) is 11.9 Å². The molecule has 2 aliphatic rings. The van der Waals surface area contributed by atoms with Gasteiger partial charge in [-0.2, -0.15) is 0 Å². The van der Waals surface area contributed by atoms with E-state index in [4.69, 9.17) is 0 Å². The summed E-state index contributed by atoms with van der Waals surface area (Å²) >= 11 is 0. The van der Waals surface area contributed by atoms with Crippen molar-refractivity contribution in [2.24, 2.45) is 0 Å². The second-order valence-corrected chi connectivity index (χ2v) is 9.35. The number of hydrogen-bond donors (Lipinski definition) is 2. The molecule has 2 bridgehead atoms. The molecule has 0 saturated carbocycles. The lowest BCUT2D eigenvalue weighted by molar-refractivity contribution is 0.0797. The molecule has 1 aromatic carbocycles. The number of phenolic OH excluding ortho intramolecular Hbond substituents is 1. The Kier molecular flexibility index (Phi) is 4.70. The van der Waals surface area contributed by atoms with Crippen LogP contribution in [-0.4, -0.2) is 61.1 Å². The van der Waals surface area contributed by atoms with Crippen LogP contribution in [0.5, 0.6) is 5.75 Å². The van der Waals surface area contributed by atoms with Crippen LogP contribution in [0.15, 0.2) is 49.3 Å². The zero-order chi connectivity index (χ0) is 22.7. The third-order valence-corrected chi connectivity index (χ3v) is 7.00. The maximum absolute atomic E-state index is 15.4. The Bertz CT molecular complexity index is 1120. The van der Waals surface area contributed by atoms with Gasteiger partial charge in [0, 0.05) is 43.0 Å². The van der Waals surface area contributed by atoms with Crippen LogP contribution in [0.4, 0.5) is 14.6 Å². The summed E-state index contributed by atoms with van der Waals surface area (Å²) in [7, 11) is 1.77. The average Bonchev–Trinajstić information content (AvgIpc) is 3.37. The fourth-order valence-corrected chi connectivity index (χ4v) is 5.16. The monoisotopic (exact) mass is 440 g/mol. The Morgan fingerprint density at radius 1 is 1.16 bits per heavy atom. The van der Waals surface area contributed by atoms with Gasteiger partial charge in [0.05, 0.1) is 41.7 Å². The van der Waals surface area contributed by atoms with Crippen LogP contribution in [0, 0.1) is 0 Å². The number of fused-ring (bicyclic) bond motifs is 2. The van der Waals surface area contributed by atoms with Crippen LogP contribution in [0.1, 0.15) is 26.7 Å². The molecule has 0 spiro atoms. The quantitative estimate of drug-likeness (QED) is 0.647. The van der Waals surface area contributed by atoms with Crippen molar-refractivity contribution in [2.45, 2.75) is 56.2 Å². The highest BCUT2D eigenvalue weighted by molar-refractivity contribution is 5.68. The first-order valence-corrected chi connectivity index (χ1v) is 10.6. The number of aromatic hydroxyl groups is 1. The largest absolute Gasteiger partial charge is 0.507 e. The molecule has 3 aromatic rings. The minimum Gasteiger partial charge on any atom is -0.507 e. The fraction of sp³-hybridized carbons (Fsp3) is 0.435. The lowest BCUT2D eigenvalue weighted by Gasteiger charge is -2.47. The summed E-state index contributed by atoms with van der Waals surface area (Å²) in [4.78, 5) is 14.7. The molecule has 2 N–H and O–H groups in total. The molecule has 0 radical (unpaired) electrons. The van der Waals surface area contributed by atoms with Crippen LogP contribution in [0.25, 0.3) is 16.9 Å². The van der Waals surface area contributed by atoms with Crippen molar-refractivity contribution >= 4 is 5.82 Å². The third-order valence-electron chi connectivity index (χ3n) is 7.00. The Labute approximate surface area is 185 Å². The van der Waals surface area contributed by atoms with E-state index < -0.39 is 29.5 Å². The van der Waals surface area contributed by atoms with Gasteiger partial charge in [-0.05, 0) is 32.4 Å². The molecule has 2 aromatic heterocycles. The summed E-state index contributed by atoms with van der Waals surface area (Å²) in [6.07, 6.45) is 6.37. The Hall–Kier alpha value is -3.07. The molecule has 9 heteroatoms. The second kappa shape index (κ2) is 7.23. The Morgan fingerprint density at radius 3 is 2.62 bits per heavy atom. The molecular formula is C23H26F2N6O. The lowest BCUT2D eigenvalue weighted by atomic mass is 9.82. The number of phenols is 1. The van der Waals surface area contributed by atoms with E-state index in [1.54, 1.807) is 66.7 Å². The molecule has 2 saturated heterocycles. The van der Waals surface area contributed by atoms with Crippen molar-refractivity contribution in [1.29, 1.82) is 0 Å². The van der Waals surface area contributed by atoms with Gasteiger partial charge < -0.3 is 19.9 Å². The first-order valence-electron chi connectivity index (χ1n) is 10.6. The van der Waals surface area contributed by atoms with Gasteiger partial charge in [-0.25, -0.2) is 18.7 Å². The van der Waals surface area contributed by atoms with Crippen LogP contribution >= 0.6 is 0 Å². The first-order chi connectivity index (χ1) is 15.2. The molecule has 32 heavy (non-hydrogen) atoms. The van der Waals surface area contributed by atoms with Crippen molar-refractivity contribution < 1.29 is 13.9 Å². The predicted molar refractivity (Wildman–Crippen MR) is 117 cm³/mol. The Morgan fingerprint density at radius 2 is 1.97 bits per heavy atom. The van der Waals surface area contributed by atoms with E-state index >= 15 is 4.39 Å². The molecule has 5 atom stereocenters. The zero-order valence-corrected chi connectivity index (χ0v) is 18.2. The number of nitrogens with zero attached hydrogens (tertiary/aromatic N) is 5. The van der Waals surface area contributed by atoms with Gasteiger partial charge in [0.15, 0.2) is 0 Å². The molecule has 0 aliphatic carbocycles. The standard InChI is InChI=1S/C23H26F2N6O/c1-22-9-17(21(25)23(2,29-22)10-19(22)24)30(3)20-12-27-16(11-28-20)15-5-4-14(8-18(15)32)31-7-6-26-13-31/h4-8,11-13,17,19,21,29,32H,9-10H2,1-3H3/t17-,19-,21+,22+,23+/m1/s1. The summed E-state index contributed by atoms with van der Waals surface area (Å²) in [6.45, 7) is 3.57. The topological polar surface area (TPSA) is 79.1 Å².